The van der Waals surface area contributed by atoms with Crippen LogP contribution >= 0.6 is 0 Å². The molecular weight excluding hydrogens is 305 g/mol. The molecule has 0 saturated carbocycles. The summed E-state index contributed by atoms with van der Waals surface area (Å²) in [5, 5.41) is 14.9. The molecule has 1 heterocycles. The maximum Gasteiger partial charge on any atom is 0.137 e. The lowest BCUT2D eigenvalue weighted by Gasteiger charge is -2.33. The van der Waals surface area contributed by atoms with Crippen LogP contribution in [0.25, 0.3) is 0 Å². The Kier molecular flexibility index (Phi) is 6.49. The Bertz CT molecular complexity index is 607. The van der Waals surface area contributed by atoms with E-state index >= 15 is 0 Å². The lowest BCUT2D eigenvalue weighted by atomic mass is 9.83. The average molecular weight is 333 g/mol. The maximum atomic E-state index is 13.6. The second kappa shape index (κ2) is 8.38. The van der Waals surface area contributed by atoms with Gasteiger partial charge in [-0.15, -0.1) is 0 Å². The van der Waals surface area contributed by atoms with E-state index in [0.29, 0.717) is 0 Å². The number of aryl methyl sites for hydroxylation is 1. The number of hydrogen-bond acceptors (Lipinski definition) is 3. The molecule has 24 heavy (non-hydrogen) atoms. The summed E-state index contributed by atoms with van der Waals surface area (Å²) in [6, 6.07) is 6.86. The van der Waals surface area contributed by atoms with Crippen molar-refractivity contribution in [2.45, 2.75) is 65.0 Å². The minimum Gasteiger partial charge on any atom is -0.390 e. The van der Waals surface area contributed by atoms with Crippen molar-refractivity contribution in [3.05, 3.63) is 48.3 Å². The molecule has 1 aromatic heterocycles. The number of benzene rings is 1. The van der Waals surface area contributed by atoms with Gasteiger partial charge in [-0.05, 0) is 36.3 Å². The standard InChI is InChI=1S/C19H28FN3O/c1-19(2,3)18(24)17(23-14-21-13-22-23)12-6-4-5-9-15-10-7-8-11-16(15)20/h7-8,10-11,13-14,17-18,24H,4-6,9,12H2,1-3H3. The van der Waals surface area contributed by atoms with Crippen LogP contribution in [0.4, 0.5) is 4.39 Å². The zero-order valence-corrected chi connectivity index (χ0v) is 14.8. The van der Waals surface area contributed by atoms with E-state index in [1.54, 1.807) is 17.1 Å². The topological polar surface area (TPSA) is 50.9 Å². The molecule has 1 aromatic carbocycles. The molecule has 0 saturated heterocycles. The molecule has 2 unspecified atom stereocenters. The smallest absolute Gasteiger partial charge is 0.137 e. The zero-order valence-electron chi connectivity index (χ0n) is 14.8. The molecule has 1 N–H and O–H groups in total. The van der Waals surface area contributed by atoms with Crippen molar-refractivity contribution in [2.75, 3.05) is 0 Å². The van der Waals surface area contributed by atoms with Gasteiger partial charge in [0.15, 0.2) is 0 Å². The molecule has 4 nitrogen and oxygen atoms in total. The number of hydrogen-bond donors (Lipinski definition) is 1. The fourth-order valence-electron chi connectivity index (χ4n) is 2.95. The van der Waals surface area contributed by atoms with Crippen LogP contribution in [0.5, 0.6) is 0 Å². The van der Waals surface area contributed by atoms with E-state index in [4.69, 9.17) is 0 Å². The molecule has 0 aliphatic carbocycles. The van der Waals surface area contributed by atoms with Crippen LogP contribution in [0.1, 0.15) is 58.1 Å². The van der Waals surface area contributed by atoms with Gasteiger partial charge in [0, 0.05) is 0 Å². The van der Waals surface area contributed by atoms with Crippen LogP contribution in [-0.4, -0.2) is 26.0 Å². The highest BCUT2D eigenvalue weighted by Crippen LogP contribution is 2.31. The third-order valence-corrected chi connectivity index (χ3v) is 4.43. The van der Waals surface area contributed by atoms with Crippen LogP contribution in [0.2, 0.25) is 0 Å². The molecule has 5 heteroatoms. The summed E-state index contributed by atoms with van der Waals surface area (Å²) in [7, 11) is 0. The monoisotopic (exact) mass is 333 g/mol. The van der Waals surface area contributed by atoms with Crippen LogP contribution in [0, 0.1) is 11.2 Å². The molecule has 0 bridgehead atoms. The third kappa shape index (κ3) is 5.13. The summed E-state index contributed by atoms with van der Waals surface area (Å²) in [4.78, 5) is 4.00. The molecule has 0 radical (unpaired) electrons. The Morgan fingerprint density at radius 1 is 1.17 bits per heavy atom. The van der Waals surface area contributed by atoms with Crippen molar-refractivity contribution >= 4 is 0 Å². The predicted octanol–water partition coefficient (Wildman–Crippen LogP) is 4.17. The summed E-state index contributed by atoms with van der Waals surface area (Å²) >= 11 is 0. The fraction of sp³-hybridized carbons (Fsp3) is 0.579. The Hall–Kier alpha value is -1.75. The SMILES string of the molecule is CC(C)(C)C(O)C(CCCCCc1ccccc1F)n1cncn1. The van der Waals surface area contributed by atoms with Crippen molar-refractivity contribution in [2.24, 2.45) is 5.41 Å². The Morgan fingerprint density at radius 3 is 2.54 bits per heavy atom. The number of aromatic nitrogens is 3. The second-order valence-corrected chi connectivity index (χ2v) is 7.44. The van der Waals surface area contributed by atoms with E-state index in [2.05, 4.69) is 10.1 Å². The van der Waals surface area contributed by atoms with Gasteiger partial charge in [0.25, 0.3) is 0 Å². The molecule has 2 aromatic rings. The first-order valence-electron chi connectivity index (χ1n) is 8.65. The van der Waals surface area contributed by atoms with E-state index in [9.17, 15) is 9.50 Å². The zero-order chi connectivity index (χ0) is 17.6. The largest absolute Gasteiger partial charge is 0.390 e. The van der Waals surface area contributed by atoms with Gasteiger partial charge in [-0.2, -0.15) is 5.10 Å². The van der Waals surface area contributed by atoms with E-state index in [-0.39, 0.29) is 17.3 Å². The third-order valence-electron chi connectivity index (χ3n) is 4.43. The summed E-state index contributed by atoms with van der Waals surface area (Å²) in [6.07, 6.45) is 7.16. The number of unbranched alkanes of at least 4 members (excludes halogenated alkanes) is 2. The quantitative estimate of drug-likeness (QED) is 0.738. The summed E-state index contributed by atoms with van der Waals surface area (Å²) in [5.41, 5.74) is 0.559. The lowest BCUT2D eigenvalue weighted by molar-refractivity contribution is 0.00846. The van der Waals surface area contributed by atoms with Crippen molar-refractivity contribution in [3.8, 4) is 0 Å². The number of halogens is 1. The normalized spacial score (nSPS) is 14.5. The molecule has 132 valence electrons. The van der Waals surface area contributed by atoms with E-state index in [1.165, 1.54) is 12.4 Å². The molecule has 0 aliphatic heterocycles. The molecule has 2 rings (SSSR count). The van der Waals surface area contributed by atoms with Crippen LogP contribution in [0.3, 0.4) is 0 Å². The van der Waals surface area contributed by atoms with Gasteiger partial charge in [0.2, 0.25) is 0 Å². The van der Waals surface area contributed by atoms with E-state index in [1.807, 2.05) is 32.9 Å². The first-order chi connectivity index (χ1) is 11.4. The van der Waals surface area contributed by atoms with Crippen molar-refractivity contribution < 1.29 is 9.50 Å². The first kappa shape index (κ1) is 18.6. The van der Waals surface area contributed by atoms with Crippen molar-refractivity contribution in [3.63, 3.8) is 0 Å². The highest BCUT2D eigenvalue weighted by molar-refractivity contribution is 5.17. The van der Waals surface area contributed by atoms with Gasteiger partial charge < -0.3 is 5.11 Å². The summed E-state index contributed by atoms with van der Waals surface area (Å²) in [5.74, 6) is -0.124. The van der Waals surface area contributed by atoms with E-state index in [0.717, 1.165) is 37.7 Å². The molecule has 2 atom stereocenters. The summed E-state index contributed by atoms with van der Waals surface area (Å²) in [6.45, 7) is 6.08. The minimum atomic E-state index is -0.495. The number of rotatable bonds is 8. The van der Waals surface area contributed by atoms with Crippen molar-refractivity contribution in [1.82, 2.24) is 14.8 Å². The lowest BCUT2D eigenvalue weighted by Crippen LogP contribution is -2.35. The molecule has 0 amide bonds. The predicted molar refractivity (Wildman–Crippen MR) is 93.1 cm³/mol. The molecule has 0 fully saturated rings. The highest BCUT2D eigenvalue weighted by atomic mass is 19.1. The van der Waals surface area contributed by atoms with Gasteiger partial charge in [0.05, 0.1) is 12.1 Å². The minimum absolute atomic E-state index is 0.0824. The van der Waals surface area contributed by atoms with Crippen molar-refractivity contribution in [1.29, 1.82) is 0 Å². The fourth-order valence-corrected chi connectivity index (χ4v) is 2.95. The van der Waals surface area contributed by atoms with Gasteiger partial charge in [-0.1, -0.05) is 51.8 Å². The maximum absolute atomic E-state index is 13.6. The number of nitrogens with zero attached hydrogens (tertiary/aromatic N) is 3. The Labute approximate surface area is 143 Å². The summed E-state index contributed by atoms with van der Waals surface area (Å²) < 4.78 is 15.4. The first-order valence-corrected chi connectivity index (χ1v) is 8.65. The van der Waals surface area contributed by atoms with Crippen LogP contribution < -0.4 is 0 Å². The highest BCUT2D eigenvalue weighted by Gasteiger charge is 2.31. The molecule has 0 aliphatic rings. The Balaban J connectivity index is 1.84. The second-order valence-electron chi connectivity index (χ2n) is 7.44. The average Bonchev–Trinajstić information content (AvgIpc) is 3.05. The Morgan fingerprint density at radius 2 is 1.92 bits per heavy atom. The van der Waals surface area contributed by atoms with Crippen LogP contribution in [-0.2, 0) is 6.42 Å². The van der Waals surface area contributed by atoms with Gasteiger partial charge in [-0.25, -0.2) is 14.1 Å². The van der Waals surface area contributed by atoms with Gasteiger partial charge in [0.1, 0.15) is 18.5 Å². The molecular formula is C19H28FN3O. The van der Waals surface area contributed by atoms with Gasteiger partial charge in [-0.3, -0.25) is 0 Å². The number of aliphatic hydroxyl groups excluding tert-OH is 1. The van der Waals surface area contributed by atoms with E-state index < -0.39 is 6.10 Å². The number of aliphatic hydroxyl groups is 1. The van der Waals surface area contributed by atoms with Crippen LogP contribution in [0.15, 0.2) is 36.9 Å². The van der Waals surface area contributed by atoms with Gasteiger partial charge >= 0.3 is 0 Å². The molecule has 0 spiro atoms.